The Morgan fingerprint density at radius 1 is 1.13 bits per heavy atom. The molecule has 0 aliphatic heterocycles. The number of benzene rings is 2. The quantitative estimate of drug-likeness (QED) is 0.448. The lowest BCUT2D eigenvalue weighted by atomic mass is 10.1. The predicted molar refractivity (Wildman–Crippen MR) is 117 cm³/mol. The highest BCUT2D eigenvalue weighted by atomic mass is 32.2. The van der Waals surface area contributed by atoms with Gasteiger partial charge < -0.3 is 10.1 Å². The Balaban J connectivity index is 2.06. The van der Waals surface area contributed by atoms with Crippen LogP contribution in [-0.2, 0) is 4.79 Å². The summed E-state index contributed by atoms with van der Waals surface area (Å²) in [4.78, 5) is 30.4. The summed E-state index contributed by atoms with van der Waals surface area (Å²) < 4.78 is 30.7. The Hall–Kier alpha value is -2.94. The second kappa shape index (κ2) is 9.05. The van der Waals surface area contributed by atoms with E-state index in [2.05, 4.69) is 15.0 Å². The van der Waals surface area contributed by atoms with E-state index >= 15 is 0 Å². The number of thioether (sulfide) groups is 1. The van der Waals surface area contributed by atoms with Gasteiger partial charge in [-0.2, -0.15) is 8.78 Å². The lowest BCUT2D eigenvalue weighted by molar-refractivity contribution is -0.121. The molecule has 0 saturated heterocycles. The van der Waals surface area contributed by atoms with E-state index in [9.17, 15) is 18.4 Å². The normalized spacial score (nSPS) is 12.7. The number of rotatable bonds is 6. The van der Waals surface area contributed by atoms with Crippen LogP contribution in [0.2, 0.25) is 0 Å². The molecule has 6 nitrogen and oxygen atoms in total. The lowest BCUT2D eigenvalue weighted by Gasteiger charge is -2.23. The molecule has 3 rings (SSSR count). The van der Waals surface area contributed by atoms with Gasteiger partial charge in [-0.1, -0.05) is 23.9 Å². The van der Waals surface area contributed by atoms with Crippen LogP contribution in [-0.4, -0.2) is 32.9 Å². The zero-order valence-electron chi connectivity index (χ0n) is 17.6. The zero-order valence-corrected chi connectivity index (χ0v) is 18.4. The molecule has 1 amide bonds. The lowest BCUT2D eigenvalue weighted by Crippen LogP contribution is -2.44. The van der Waals surface area contributed by atoms with Crippen molar-refractivity contribution in [2.24, 2.45) is 0 Å². The Morgan fingerprint density at radius 2 is 1.77 bits per heavy atom. The second-order valence-corrected chi connectivity index (χ2v) is 9.23. The Bertz CT molecular complexity index is 1140. The van der Waals surface area contributed by atoms with E-state index in [4.69, 9.17) is 0 Å². The van der Waals surface area contributed by atoms with Crippen molar-refractivity contribution in [3.63, 3.8) is 0 Å². The van der Waals surface area contributed by atoms with Gasteiger partial charge in [0.15, 0.2) is 5.16 Å². The third kappa shape index (κ3) is 5.61. The van der Waals surface area contributed by atoms with Crippen LogP contribution in [0.15, 0.2) is 58.5 Å². The number of para-hydroxylation sites is 1. The van der Waals surface area contributed by atoms with E-state index in [1.807, 2.05) is 20.8 Å². The van der Waals surface area contributed by atoms with Crippen molar-refractivity contribution in [3.05, 3.63) is 58.9 Å². The standard InChI is InChI=1S/C22H23F2N3O3S/c1-13(18(28)26-22(2,3)4)31-21-25-17-8-6-5-7-16(17)19(29)27(21)14-9-11-15(12-10-14)30-20(23)24/h5-13,20H,1-4H3,(H,26,28). The number of aromatic nitrogens is 2. The summed E-state index contributed by atoms with van der Waals surface area (Å²) in [5, 5.41) is 3.12. The number of alkyl halides is 2. The first-order valence-electron chi connectivity index (χ1n) is 9.61. The predicted octanol–water partition coefficient (Wildman–Crippen LogP) is 4.38. The summed E-state index contributed by atoms with van der Waals surface area (Å²) in [7, 11) is 0. The van der Waals surface area contributed by atoms with Gasteiger partial charge in [-0.3, -0.25) is 14.2 Å². The smallest absolute Gasteiger partial charge is 0.387 e. The van der Waals surface area contributed by atoms with E-state index in [-0.39, 0.29) is 17.2 Å². The highest BCUT2D eigenvalue weighted by molar-refractivity contribution is 8.00. The summed E-state index contributed by atoms with van der Waals surface area (Å²) in [6.07, 6.45) is 0. The first kappa shape index (κ1) is 22.7. The first-order chi connectivity index (χ1) is 14.5. The molecule has 1 heterocycles. The third-order valence-electron chi connectivity index (χ3n) is 4.21. The van der Waals surface area contributed by atoms with E-state index in [0.29, 0.717) is 21.7 Å². The van der Waals surface area contributed by atoms with Gasteiger partial charge in [0.1, 0.15) is 5.75 Å². The number of halogens is 2. The van der Waals surface area contributed by atoms with Crippen LogP contribution < -0.4 is 15.6 Å². The SMILES string of the molecule is CC(Sc1nc2ccccc2c(=O)n1-c1ccc(OC(F)F)cc1)C(=O)NC(C)(C)C. The van der Waals surface area contributed by atoms with Crippen LogP contribution in [0.3, 0.4) is 0 Å². The maximum Gasteiger partial charge on any atom is 0.387 e. The van der Waals surface area contributed by atoms with Gasteiger partial charge in [-0.05, 0) is 64.1 Å². The molecule has 1 atom stereocenters. The molecular formula is C22H23F2N3O3S. The number of nitrogens with zero attached hydrogens (tertiary/aromatic N) is 2. The van der Waals surface area contributed by atoms with Crippen molar-refractivity contribution in [1.29, 1.82) is 0 Å². The molecule has 9 heteroatoms. The number of ether oxygens (including phenoxy) is 1. The van der Waals surface area contributed by atoms with Gasteiger partial charge >= 0.3 is 6.61 Å². The average molecular weight is 448 g/mol. The van der Waals surface area contributed by atoms with Crippen LogP contribution in [0.5, 0.6) is 5.75 Å². The molecule has 0 fully saturated rings. The minimum absolute atomic E-state index is 0.0207. The van der Waals surface area contributed by atoms with E-state index in [1.54, 1.807) is 31.2 Å². The molecule has 0 aliphatic carbocycles. The average Bonchev–Trinajstić information content (AvgIpc) is 2.67. The molecule has 1 N–H and O–H groups in total. The van der Waals surface area contributed by atoms with Crippen molar-refractivity contribution < 1.29 is 18.3 Å². The number of carbonyl (C=O) groups is 1. The summed E-state index contributed by atoms with van der Waals surface area (Å²) >= 11 is 1.15. The van der Waals surface area contributed by atoms with Crippen LogP contribution in [0.25, 0.3) is 16.6 Å². The summed E-state index contributed by atoms with van der Waals surface area (Å²) in [5.74, 6) is -0.209. The van der Waals surface area contributed by atoms with Crippen LogP contribution in [0.1, 0.15) is 27.7 Å². The Morgan fingerprint density at radius 3 is 2.39 bits per heavy atom. The van der Waals surface area contributed by atoms with Gasteiger partial charge in [0.05, 0.1) is 21.8 Å². The fraction of sp³-hybridized carbons (Fsp3) is 0.318. The molecular weight excluding hydrogens is 424 g/mol. The molecule has 3 aromatic rings. The minimum atomic E-state index is -2.94. The van der Waals surface area contributed by atoms with Gasteiger partial charge in [-0.15, -0.1) is 0 Å². The minimum Gasteiger partial charge on any atom is -0.435 e. The molecule has 2 aromatic carbocycles. The number of amides is 1. The molecule has 0 spiro atoms. The van der Waals surface area contributed by atoms with Gasteiger partial charge in [-0.25, -0.2) is 4.98 Å². The summed E-state index contributed by atoms with van der Waals surface area (Å²) in [6.45, 7) is 4.45. The topological polar surface area (TPSA) is 73.2 Å². The van der Waals surface area contributed by atoms with Gasteiger partial charge in [0.25, 0.3) is 5.56 Å². The van der Waals surface area contributed by atoms with Gasteiger partial charge in [0.2, 0.25) is 5.91 Å². The third-order valence-corrected chi connectivity index (χ3v) is 5.27. The fourth-order valence-electron chi connectivity index (χ4n) is 2.88. The maximum atomic E-state index is 13.3. The molecule has 1 aromatic heterocycles. The van der Waals surface area contributed by atoms with Crippen molar-refractivity contribution in [2.45, 2.75) is 50.3 Å². The van der Waals surface area contributed by atoms with Crippen LogP contribution in [0, 0.1) is 0 Å². The molecule has 0 saturated carbocycles. The maximum absolute atomic E-state index is 13.3. The monoisotopic (exact) mass is 447 g/mol. The first-order valence-corrected chi connectivity index (χ1v) is 10.5. The number of hydrogen-bond acceptors (Lipinski definition) is 5. The molecule has 31 heavy (non-hydrogen) atoms. The molecule has 0 bridgehead atoms. The molecule has 164 valence electrons. The number of hydrogen-bond donors (Lipinski definition) is 1. The number of carbonyl (C=O) groups excluding carboxylic acids is 1. The zero-order chi connectivity index (χ0) is 22.8. The Kier molecular flexibility index (Phi) is 6.64. The highest BCUT2D eigenvalue weighted by Gasteiger charge is 2.23. The number of nitrogens with one attached hydrogen (secondary N) is 1. The van der Waals surface area contributed by atoms with Crippen LogP contribution >= 0.6 is 11.8 Å². The van der Waals surface area contributed by atoms with E-state index in [1.165, 1.54) is 28.8 Å². The molecule has 0 aliphatic rings. The van der Waals surface area contributed by atoms with Crippen molar-refractivity contribution in [2.75, 3.05) is 0 Å². The van der Waals surface area contributed by atoms with Gasteiger partial charge in [0, 0.05) is 5.54 Å². The fourth-order valence-corrected chi connectivity index (χ4v) is 3.81. The van der Waals surface area contributed by atoms with Crippen molar-refractivity contribution in [1.82, 2.24) is 14.9 Å². The van der Waals surface area contributed by atoms with E-state index in [0.717, 1.165) is 11.8 Å². The van der Waals surface area contributed by atoms with Crippen molar-refractivity contribution in [3.8, 4) is 11.4 Å². The summed E-state index contributed by atoms with van der Waals surface area (Å²) in [5.41, 5.74) is 0.213. The summed E-state index contributed by atoms with van der Waals surface area (Å²) in [6, 6.07) is 12.6. The van der Waals surface area contributed by atoms with Crippen LogP contribution in [0.4, 0.5) is 8.78 Å². The largest absolute Gasteiger partial charge is 0.435 e. The molecule has 0 radical (unpaired) electrons. The Labute approximate surface area is 182 Å². The molecule has 1 unspecified atom stereocenters. The number of fused-ring (bicyclic) bond motifs is 1. The van der Waals surface area contributed by atoms with Crippen molar-refractivity contribution >= 4 is 28.6 Å². The second-order valence-electron chi connectivity index (χ2n) is 7.92. The van der Waals surface area contributed by atoms with E-state index < -0.39 is 17.4 Å². The highest BCUT2D eigenvalue weighted by Crippen LogP contribution is 2.26.